The largest absolute Gasteiger partial charge is 0.312 e. The molecule has 0 heterocycles. The van der Waals surface area contributed by atoms with Crippen molar-refractivity contribution >= 4 is 11.6 Å². The van der Waals surface area contributed by atoms with E-state index in [9.17, 15) is 4.39 Å². The third-order valence-corrected chi connectivity index (χ3v) is 3.79. The molecule has 17 heavy (non-hydrogen) atoms. The van der Waals surface area contributed by atoms with Crippen LogP contribution in [0.2, 0.25) is 5.02 Å². The zero-order chi connectivity index (χ0) is 12.3. The van der Waals surface area contributed by atoms with Crippen molar-refractivity contribution in [2.75, 3.05) is 6.54 Å². The fourth-order valence-corrected chi connectivity index (χ4v) is 2.79. The van der Waals surface area contributed by atoms with Crippen LogP contribution in [0.25, 0.3) is 0 Å². The second-order valence-electron chi connectivity index (χ2n) is 5.15. The number of nitrogens with one attached hydrogen (secondary N) is 1. The molecule has 3 heteroatoms. The monoisotopic (exact) mass is 255 g/mol. The summed E-state index contributed by atoms with van der Waals surface area (Å²) in [5, 5.41) is 3.93. The Balaban J connectivity index is 1.80. The number of hydrogen-bond acceptors (Lipinski definition) is 1. The van der Waals surface area contributed by atoms with Crippen molar-refractivity contribution < 1.29 is 4.39 Å². The molecular formula is C14H19ClFN. The molecule has 1 N–H and O–H groups in total. The third-order valence-electron chi connectivity index (χ3n) is 3.56. The van der Waals surface area contributed by atoms with Gasteiger partial charge in [-0.15, -0.1) is 0 Å². The summed E-state index contributed by atoms with van der Waals surface area (Å²) in [4.78, 5) is 0. The summed E-state index contributed by atoms with van der Waals surface area (Å²) >= 11 is 5.85. The third kappa shape index (κ3) is 3.68. The first kappa shape index (κ1) is 12.8. The van der Waals surface area contributed by atoms with Crippen LogP contribution in [0.1, 0.15) is 31.7 Å². The van der Waals surface area contributed by atoms with Crippen LogP contribution >= 0.6 is 11.6 Å². The smallest absolute Gasteiger partial charge is 0.127 e. The standard InChI is InChI=1S/C14H19ClFN/c1-10-2-3-11(6-10)8-17-9-12-7-13(15)4-5-14(12)16/h4-5,7,10-11,17H,2-3,6,8-9H2,1H3. The van der Waals surface area contributed by atoms with Crippen molar-refractivity contribution in [2.24, 2.45) is 11.8 Å². The summed E-state index contributed by atoms with van der Waals surface area (Å²) in [5.74, 6) is 1.43. The quantitative estimate of drug-likeness (QED) is 0.857. The van der Waals surface area contributed by atoms with Crippen LogP contribution in [0, 0.1) is 17.7 Å². The average Bonchev–Trinajstić information content (AvgIpc) is 2.69. The first-order chi connectivity index (χ1) is 8.15. The summed E-state index contributed by atoms with van der Waals surface area (Å²) in [6.45, 7) is 3.85. The Morgan fingerprint density at radius 3 is 2.94 bits per heavy atom. The van der Waals surface area contributed by atoms with Gasteiger partial charge in [0.15, 0.2) is 0 Å². The first-order valence-corrected chi connectivity index (χ1v) is 6.67. The average molecular weight is 256 g/mol. The van der Waals surface area contributed by atoms with Gasteiger partial charge in [-0.05, 0) is 49.4 Å². The minimum Gasteiger partial charge on any atom is -0.312 e. The zero-order valence-corrected chi connectivity index (χ0v) is 10.9. The van der Waals surface area contributed by atoms with Crippen LogP contribution in [-0.2, 0) is 6.54 Å². The summed E-state index contributed by atoms with van der Waals surface area (Å²) in [6.07, 6.45) is 3.93. The molecule has 94 valence electrons. The Labute approximate surface area is 107 Å². The minimum atomic E-state index is -0.179. The summed E-state index contributed by atoms with van der Waals surface area (Å²) in [7, 11) is 0. The molecule has 0 aliphatic heterocycles. The van der Waals surface area contributed by atoms with Crippen LogP contribution in [0.3, 0.4) is 0 Å². The van der Waals surface area contributed by atoms with Gasteiger partial charge in [0.25, 0.3) is 0 Å². The summed E-state index contributed by atoms with van der Waals surface area (Å²) < 4.78 is 13.4. The van der Waals surface area contributed by atoms with Gasteiger partial charge in [-0.3, -0.25) is 0 Å². The van der Waals surface area contributed by atoms with E-state index >= 15 is 0 Å². The maximum Gasteiger partial charge on any atom is 0.127 e. The SMILES string of the molecule is CC1CCC(CNCc2cc(Cl)ccc2F)C1. The van der Waals surface area contributed by atoms with E-state index in [1.807, 2.05) is 0 Å². The van der Waals surface area contributed by atoms with Crippen molar-refractivity contribution in [1.29, 1.82) is 0 Å². The lowest BCUT2D eigenvalue weighted by molar-refractivity contribution is 0.466. The van der Waals surface area contributed by atoms with E-state index in [2.05, 4.69) is 12.2 Å². The van der Waals surface area contributed by atoms with Gasteiger partial charge in [-0.25, -0.2) is 4.39 Å². The predicted octanol–water partition coefficient (Wildman–Crippen LogP) is 4.00. The molecule has 2 rings (SSSR count). The predicted molar refractivity (Wildman–Crippen MR) is 69.6 cm³/mol. The molecule has 0 saturated heterocycles. The topological polar surface area (TPSA) is 12.0 Å². The Hall–Kier alpha value is -0.600. The fraction of sp³-hybridized carbons (Fsp3) is 0.571. The lowest BCUT2D eigenvalue weighted by atomic mass is 10.1. The highest BCUT2D eigenvalue weighted by molar-refractivity contribution is 6.30. The molecule has 0 spiro atoms. The van der Waals surface area contributed by atoms with Crippen LogP contribution < -0.4 is 5.32 Å². The van der Waals surface area contributed by atoms with Gasteiger partial charge in [-0.2, -0.15) is 0 Å². The molecular weight excluding hydrogens is 237 g/mol. The van der Waals surface area contributed by atoms with Crippen molar-refractivity contribution in [3.63, 3.8) is 0 Å². The highest BCUT2D eigenvalue weighted by Crippen LogP contribution is 2.29. The Morgan fingerprint density at radius 2 is 2.24 bits per heavy atom. The van der Waals surface area contributed by atoms with Gasteiger partial charge in [0.1, 0.15) is 5.82 Å². The van der Waals surface area contributed by atoms with E-state index in [1.165, 1.54) is 25.3 Å². The zero-order valence-electron chi connectivity index (χ0n) is 10.2. The molecule has 0 amide bonds. The Morgan fingerprint density at radius 1 is 1.41 bits per heavy atom. The van der Waals surface area contributed by atoms with Crippen LogP contribution in [-0.4, -0.2) is 6.54 Å². The normalized spacial score (nSPS) is 24.2. The summed E-state index contributed by atoms with van der Waals surface area (Å²) in [5.41, 5.74) is 0.656. The van der Waals surface area contributed by atoms with Gasteiger partial charge in [0.2, 0.25) is 0 Å². The highest BCUT2D eigenvalue weighted by Gasteiger charge is 2.20. The van der Waals surface area contributed by atoms with Gasteiger partial charge < -0.3 is 5.32 Å². The second-order valence-corrected chi connectivity index (χ2v) is 5.59. The number of rotatable bonds is 4. The van der Waals surface area contributed by atoms with Crippen molar-refractivity contribution in [1.82, 2.24) is 5.32 Å². The first-order valence-electron chi connectivity index (χ1n) is 6.30. The van der Waals surface area contributed by atoms with Crippen LogP contribution in [0.4, 0.5) is 4.39 Å². The molecule has 1 saturated carbocycles. The highest BCUT2D eigenvalue weighted by atomic mass is 35.5. The number of benzene rings is 1. The van der Waals surface area contributed by atoms with Crippen LogP contribution in [0.5, 0.6) is 0 Å². The Bertz CT molecular complexity index is 380. The molecule has 1 aromatic rings. The second kappa shape index (κ2) is 5.83. The molecule has 1 nitrogen and oxygen atoms in total. The van der Waals surface area contributed by atoms with E-state index in [4.69, 9.17) is 11.6 Å². The molecule has 2 unspecified atom stereocenters. The summed E-state index contributed by atoms with van der Waals surface area (Å²) in [6, 6.07) is 4.71. The molecule has 1 fully saturated rings. The van der Waals surface area contributed by atoms with E-state index in [-0.39, 0.29) is 5.82 Å². The van der Waals surface area contributed by atoms with Crippen molar-refractivity contribution in [3.8, 4) is 0 Å². The number of hydrogen-bond donors (Lipinski definition) is 1. The molecule has 0 bridgehead atoms. The van der Waals surface area contributed by atoms with Gasteiger partial charge in [0.05, 0.1) is 0 Å². The number of halogens is 2. The van der Waals surface area contributed by atoms with Gasteiger partial charge in [-0.1, -0.05) is 24.9 Å². The van der Waals surface area contributed by atoms with E-state index in [0.717, 1.165) is 18.4 Å². The Kier molecular flexibility index (Phi) is 4.41. The lowest BCUT2D eigenvalue weighted by Gasteiger charge is -2.11. The molecule has 0 aromatic heterocycles. The van der Waals surface area contributed by atoms with E-state index in [1.54, 1.807) is 12.1 Å². The van der Waals surface area contributed by atoms with E-state index < -0.39 is 0 Å². The fourth-order valence-electron chi connectivity index (χ4n) is 2.60. The van der Waals surface area contributed by atoms with Crippen LogP contribution in [0.15, 0.2) is 18.2 Å². The van der Waals surface area contributed by atoms with Gasteiger partial charge >= 0.3 is 0 Å². The van der Waals surface area contributed by atoms with Crippen molar-refractivity contribution in [3.05, 3.63) is 34.6 Å². The maximum atomic E-state index is 13.4. The van der Waals surface area contributed by atoms with Gasteiger partial charge in [0, 0.05) is 17.1 Å². The molecule has 2 atom stereocenters. The van der Waals surface area contributed by atoms with E-state index in [0.29, 0.717) is 17.1 Å². The molecule has 0 radical (unpaired) electrons. The molecule has 1 aromatic carbocycles. The van der Waals surface area contributed by atoms with Crippen molar-refractivity contribution in [2.45, 2.75) is 32.7 Å². The minimum absolute atomic E-state index is 0.179. The maximum absolute atomic E-state index is 13.4. The molecule has 1 aliphatic rings. The lowest BCUT2D eigenvalue weighted by Crippen LogP contribution is -2.21. The molecule has 1 aliphatic carbocycles.